The van der Waals surface area contributed by atoms with Crippen LogP contribution in [0.25, 0.3) is 0 Å². The third-order valence-corrected chi connectivity index (χ3v) is 5.36. The highest BCUT2D eigenvalue weighted by Crippen LogP contribution is 2.24. The van der Waals surface area contributed by atoms with Gasteiger partial charge in [0.05, 0.1) is 19.2 Å². The minimum atomic E-state index is 0. The van der Waals surface area contributed by atoms with E-state index in [1.165, 1.54) is 35.2 Å². The maximum Gasteiger partial charge on any atom is 0.192 e. The summed E-state index contributed by atoms with van der Waals surface area (Å²) in [6.07, 6.45) is 2.58. The Morgan fingerprint density at radius 1 is 1.10 bits per heavy atom. The number of nitrogens with zero attached hydrogens (tertiary/aromatic N) is 2. The lowest BCUT2D eigenvalue weighted by atomic mass is 10.1. The predicted octanol–water partition coefficient (Wildman–Crippen LogP) is 4.87. The Morgan fingerprint density at radius 2 is 1.83 bits per heavy atom. The van der Waals surface area contributed by atoms with E-state index in [0.29, 0.717) is 13.2 Å². The number of anilines is 1. The third kappa shape index (κ3) is 6.87. The smallest absolute Gasteiger partial charge is 0.192 e. The molecule has 1 heterocycles. The Bertz CT molecular complexity index is 805. The normalized spacial score (nSPS) is 14.9. The quantitative estimate of drug-likeness (QED) is 0.295. The fraction of sp³-hybridized carbons (Fsp3) is 0.458. The fourth-order valence-electron chi connectivity index (χ4n) is 3.75. The monoisotopic (exact) mass is 522 g/mol. The van der Waals surface area contributed by atoms with E-state index in [4.69, 9.17) is 9.73 Å². The zero-order valence-corrected chi connectivity index (χ0v) is 20.7. The fourth-order valence-corrected chi connectivity index (χ4v) is 3.75. The molecule has 1 aliphatic heterocycles. The SMILES string of the molecule is CCNC(=NCc1ccccc1COC)NC(C)c1cccc(N2CCCC2)c1.I. The minimum absolute atomic E-state index is 0. The maximum atomic E-state index is 5.31. The molecule has 0 aromatic heterocycles. The lowest BCUT2D eigenvalue weighted by Gasteiger charge is -2.22. The van der Waals surface area contributed by atoms with Crippen molar-refractivity contribution < 1.29 is 4.74 Å². The molecule has 2 N–H and O–H groups in total. The van der Waals surface area contributed by atoms with E-state index in [9.17, 15) is 0 Å². The van der Waals surface area contributed by atoms with Crippen molar-refractivity contribution in [1.29, 1.82) is 0 Å². The van der Waals surface area contributed by atoms with Crippen molar-refractivity contribution in [3.8, 4) is 0 Å². The summed E-state index contributed by atoms with van der Waals surface area (Å²) < 4.78 is 5.31. The van der Waals surface area contributed by atoms with E-state index >= 15 is 0 Å². The molecule has 30 heavy (non-hydrogen) atoms. The summed E-state index contributed by atoms with van der Waals surface area (Å²) in [4.78, 5) is 7.29. The molecule has 0 spiro atoms. The molecule has 2 aromatic rings. The molecule has 1 fully saturated rings. The third-order valence-electron chi connectivity index (χ3n) is 5.36. The molecule has 3 rings (SSSR count). The van der Waals surface area contributed by atoms with Crippen LogP contribution in [-0.4, -0.2) is 32.7 Å². The van der Waals surface area contributed by atoms with Gasteiger partial charge in [0.25, 0.3) is 0 Å². The highest BCUT2D eigenvalue weighted by Gasteiger charge is 2.14. The summed E-state index contributed by atoms with van der Waals surface area (Å²) >= 11 is 0. The Morgan fingerprint density at radius 3 is 2.53 bits per heavy atom. The van der Waals surface area contributed by atoms with Crippen LogP contribution in [0.15, 0.2) is 53.5 Å². The topological polar surface area (TPSA) is 48.9 Å². The summed E-state index contributed by atoms with van der Waals surface area (Å²) in [6, 6.07) is 17.3. The molecule has 1 saturated heterocycles. The number of hydrogen-bond donors (Lipinski definition) is 2. The van der Waals surface area contributed by atoms with Gasteiger partial charge < -0.3 is 20.3 Å². The standard InChI is InChI=1S/C24H34N4O.HI/c1-4-25-24(26-17-21-10-5-6-11-22(21)18-29-3)27-19(2)20-12-9-13-23(16-20)28-14-7-8-15-28;/h5-6,9-13,16,19H,4,7-8,14-15,17-18H2,1-3H3,(H2,25,26,27);1H. The zero-order valence-electron chi connectivity index (χ0n) is 18.4. The molecule has 2 aromatic carbocycles. The molecule has 1 aliphatic rings. The van der Waals surface area contributed by atoms with Crippen LogP contribution in [0.4, 0.5) is 5.69 Å². The first-order valence-corrected chi connectivity index (χ1v) is 10.7. The van der Waals surface area contributed by atoms with Crippen molar-refractivity contribution in [3.63, 3.8) is 0 Å². The highest BCUT2D eigenvalue weighted by atomic mass is 127. The average molecular weight is 522 g/mol. The van der Waals surface area contributed by atoms with Gasteiger partial charge in [0, 0.05) is 32.4 Å². The molecule has 0 radical (unpaired) electrons. The van der Waals surface area contributed by atoms with Crippen LogP contribution in [0.1, 0.15) is 49.4 Å². The first kappa shape index (κ1) is 24.5. The van der Waals surface area contributed by atoms with E-state index in [2.05, 4.69) is 71.8 Å². The molecular formula is C24H35IN4O. The van der Waals surface area contributed by atoms with E-state index in [-0.39, 0.29) is 30.0 Å². The van der Waals surface area contributed by atoms with Crippen molar-refractivity contribution in [2.24, 2.45) is 4.99 Å². The van der Waals surface area contributed by atoms with Crippen molar-refractivity contribution in [2.75, 3.05) is 31.6 Å². The van der Waals surface area contributed by atoms with Gasteiger partial charge in [-0.1, -0.05) is 36.4 Å². The largest absolute Gasteiger partial charge is 0.380 e. The molecule has 6 heteroatoms. The van der Waals surface area contributed by atoms with E-state index in [1.54, 1.807) is 7.11 Å². The first-order valence-electron chi connectivity index (χ1n) is 10.7. The number of methoxy groups -OCH3 is 1. The average Bonchev–Trinajstić information content (AvgIpc) is 3.28. The lowest BCUT2D eigenvalue weighted by molar-refractivity contribution is 0.184. The van der Waals surface area contributed by atoms with Gasteiger partial charge in [-0.25, -0.2) is 4.99 Å². The number of nitrogens with one attached hydrogen (secondary N) is 2. The Hall–Kier alpha value is -1.80. The van der Waals surface area contributed by atoms with Crippen LogP contribution < -0.4 is 15.5 Å². The van der Waals surface area contributed by atoms with E-state index in [1.807, 2.05) is 6.07 Å². The van der Waals surface area contributed by atoms with Crippen molar-refractivity contribution in [1.82, 2.24) is 10.6 Å². The Kier molecular flexibility index (Phi) is 10.4. The van der Waals surface area contributed by atoms with Gasteiger partial charge in [-0.15, -0.1) is 24.0 Å². The molecule has 0 amide bonds. The van der Waals surface area contributed by atoms with Gasteiger partial charge in [-0.2, -0.15) is 0 Å². The molecule has 1 unspecified atom stereocenters. The number of halogens is 1. The first-order chi connectivity index (χ1) is 14.2. The maximum absolute atomic E-state index is 5.31. The van der Waals surface area contributed by atoms with Crippen LogP contribution >= 0.6 is 24.0 Å². The number of hydrogen-bond acceptors (Lipinski definition) is 3. The van der Waals surface area contributed by atoms with Crippen molar-refractivity contribution >= 4 is 35.6 Å². The second kappa shape index (κ2) is 12.8. The van der Waals surface area contributed by atoms with Gasteiger partial charge in [0.2, 0.25) is 0 Å². The molecule has 1 atom stereocenters. The lowest BCUT2D eigenvalue weighted by Crippen LogP contribution is -2.38. The van der Waals surface area contributed by atoms with Crippen LogP contribution in [0.2, 0.25) is 0 Å². The summed E-state index contributed by atoms with van der Waals surface area (Å²) in [5, 5.41) is 6.93. The van der Waals surface area contributed by atoms with Crippen molar-refractivity contribution in [2.45, 2.75) is 45.9 Å². The Balaban J connectivity index is 0.00000320. The minimum Gasteiger partial charge on any atom is -0.380 e. The highest BCUT2D eigenvalue weighted by molar-refractivity contribution is 14.0. The van der Waals surface area contributed by atoms with Gasteiger partial charge in [0.1, 0.15) is 0 Å². The summed E-state index contributed by atoms with van der Waals surface area (Å²) in [5.41, 5.74) is 4.97. The van der Waals surface area contributed by atoms with E-state index < -0.39 is 0 Å². The van der Waals surface area contributed by atoms with Gasteiger partial charge in [-0.3, -0.25) is 0 Å². The number of benzene rings is 2. The molecule has 0 bridgehead atoms. The van der Waals surface area contributed by atoms with E-state index in [0.717, 1.165) is 25.6 Å². The number of guanidine groups is 1. The predicted molar refractivity (Wildman–Crippen MR) is 137 cm³/mol. The van der Waals surface area contributed by atoms with Gasteiger partial charge in [-0.05, 0) is 55.5 Å². The second-order valence-corrected chi connectivity index (χ2v) is 7.55. The van der Waals surface area contributed by atoms with Crippen LogP contribution in [-0.2, 0) is 17.9 Å². The van der Waals surface area contributed by atoms with Crippen LogP contribution in [0.5, 0.6) is 0 Å². The molecule has 164 valence electrons. The number of aliphatic imine (C=N–C) groups is 1. The van der Waals surface area contributed by atoms with Crippen LogP contribution in [0.3, 0.4) is 0 Å². The molecular weight excluding hydrogens is 487 g/mol. The zero-order chi connectivity index (χ0) is 20.5. The van der Waals surface area contributed by atoms with Crippen molar-refractivity contribution in [3.05, 3.63) is 65.2 Å². The summed E-state index contributed by atoms with van der Waals surface area (Å²) in [7, 11) is 1.73. The Labute approximate surface area is 198 Å². The van der Waals surface area contributed by atoms with Gasteiger partial charge in [0.15, 0.2) is 5.96 Å². The number of rotatable bonds is 8. The molecule has 5 nitrogen and oxygen atoms in total. The molecule has 0 aliphatic carbocycles. The van der Waals surface area contributed by atoms with Gasteiger partial charge >= 0.3 is 0 Å². The molecule has 0 saturated carbocycles. The van der Waals surface area contributed by atoms with Crippen LogP contribution in [0, 0.1) is 0 Å². The second-order valence-electron chi connectivity index (χ2n) is 7.55. The summed E-state index contributed by atoms with van der Waals surface area (Å²) in [6.45, 7) is 8.66. The summed E-state index contributed by atoms with van der Waals surface area (Å²) in [5.74, 6) is 0.832. The number of ether oxygens (including phenoxy) is 1.